The summed E-state index contributed by atoms with van der Waals surface area (Å²) in [5.74, 6) is 1.39. The van der Waals surface area contributed by atoms with E-state index in [4.69, 9.17) is 14.2 Å². The quantitative estimate of drug-likeness (QED) is 0.294. The summed E-state index contributed by atoms with van der Waals surface area (Å²) in [6.07, 6.45) is 1.57. The van der Waals surface area contributed by atoms with Crippen molar-refractivity contribution in [1.29, 1.82) is 0 Å². The van der Waals surface area contributed by atoms with E-state index < -0.39 is 11.7 Å². The lowest BCUT2D eigenvalue weighted by molar-refractivity contribution is 0.0584. The fraction of sp³-hybridized carbons (Fsp3) is 0.321. The number of benzene rings is 3. The minimum atomic E-state index is -0.626. The fourth-order valence-corrected chi connectivity index (χ4v) is 4.02. The summed E-state index contributed by atoms with van der Waals surface area (Å²) in [5, 5.41) is 1.80. The highest BCUT2D eigenvalue weighted by Gasteiger charge is 2.26. The molecule has 0 fully saturated rings. The Bertz CT molecular complexity index is 1180. The number of fused-ring (bicyclic) bond motifs is 1. The minimum absolute atomic E-state index is 0.365. The Labute approximate surface area is 210 Å². The highest BCUT2D eigenvalue weighted by atomic mass is 79.9. The number of carbonyl (C=O) groups excluding carboxylic acids is 1. The highest BCUT2D eigenvalue weighted by molar-refractivity contribution is 9.10. The van der Waals surface area contributed by atoms with Crippen molar-refractivity contribution in [3.8, 4) is 11.5 Å². The maximum atomic E-state index is 13.3. The molecule has 0 aliphatic heterocycles. The van der Waals surface area contributed by atoms with Gasteiger partial charge in [-0.2, -0.15) is 0 Å². The van der Waals surface area contributed by atoms with Crippen LogP contribution in [0.3, 0.4) is 0 Å². The van der Waals surface area contributed by atoms with Crippen LogP contribution in [0.4, 0.5) is 10.5 Å². The summed E-state index contributed by atoms with van der Waals surface area (Å²) >= 11 is 3.75. The lowest BCUT2D eigenvalue weighted by Crippen LogP contribution is -2.37. The number of hydrogen-bond donors (Lipinski definition) is 0. The van der Waals surface area contributed by atoms with E-state index in [-0.39, 0.29) is 0 Å². The summed E-state index contributed by atoms with van der Waals surface area (Å²) in [6.45, 7) is 10.4. The third-order valence-corrected chi connectivity index (χ3v) is 5.88. The summed E-state index contributed by atoms with van der Waals surface area (Å²) in [7, 11) is 1.63. The standard InChI is InChI=1S/C28H32BrNO4/c1-19(2)14-15-30(27(31)34-28(3,4)5)24-17-25(33-18-20-10-8-7-9-11-20)22-13-12-21(32-6)16-23(22)26(24)29/h7-14,16-17H,15,18H2,1-6H3. The van der Waals surface area contributed by atoms with Crippen LogP contribution in [0.1, 0.15) is 40.2 Å². The van der Waals surface area contributed by atoms with Gasteiger partial charge in [-0.25, -0.2) is 4.79 Å². The largest absolute Gasteiger partial charge is 0.497 e. The average Bonchev–Trinajstić information content (AvgIpc) is 2.78. The molecule has 0 aliphatic rings. The number of rotatable bonds is 7. The van der Waals surface area contributed by atoms with Gasteiger partial charge < -0.3 is 14.2 Å². The summed E-state index contributed by atoms with van der Waals surface area (Å²) in [6, 6.07) is 17.7. The van der Waals surface area contributed by atoms with Crippen molar-refractivity contribution < 1.29 is 19.0 Å². The molecule has 0 saturated carbocycles. The van der Waals surface area contributed by atoms with Crippen LogP contribution < -0.4 is 14.4 Å². The Morgan fingerprint density at radius 3 is 2.35 bits per heavy atom. The monoisotopic (exact) mass is 525 g/mol. The molecule has 3 rings (SSSR count). The second kappa shape index (κ2) is 11.0. The van der Waals surface area contributed by atoms with Crippen LogP contribution in [0, 0.1) is 0 Å². The van der Waals surface area contributed by atoms with Crippen molar-refractivity contribution in [1.82, 2.24) is 0 Å². The third-order valence-electron chi connectivity index (χ3n) is 5.05. The Morgan fingerprint density at radius 2 is 1.74 bits per heavy atom. The number of carbonyl (C=O) groups is 1. The van der Waals surface area contributed by atoms with Crippen molar-refractivity contribution in [3.05, 3.63) is 76.3 Å². The molecule has 0 aliphatic carbocycles. The van der Waals surface area contributed by atoms with Crippen molar-refractivity contribution in [2.24, 2.45) is 0 Å². The number of amides is 1. The zero-order valence-corrected chi connectivity index (χ0v) is 22.2. The molecule has 180 valence electrons. The number of halogens is 1. The summed E-state index contributed by atoms with van der Waals surface area (Å²) in [4.78, 5) is 14.9. The van der Waals surface area contributed by atoms with Crippen LogP contribution in [0.15, 0.2) is 70.7 Å². The lowest BCUT2D eigenvalue weighted by Gasteiger charge is -2.28. The predicted molar refractivity (Wildman–Crippen MR) is 142 cm³/mol. The number of nitrogens with zero attached hydrogens (tertiary/aromatic N) is 1. The van der Waals surface area contributed by atoms with E-state index >= 15 is 0 Å². The zero-order valence-electron chi connectivity index (χ0n) is 20.6. The average molecular weight is 526 g/mol. The molecule has 6 heteroatoms. The van der Waals surface area contributed by atoms with Crippen molar-refractivity contribution in [2.45, 2.75) is 46.8 Å². The first-order valence-electron chi connectivity index (χ1n) is 11.2. The smallest absolute Gasteiger partial charge is 0.415 e. The molecule has 0 aromatic heterocycles. The van der Waals surface area contributed by atoms with E-state index in [0.717, 1.165) is 26.4 Å². The van der Waals surface area contributed by atoms with Crippen LogP contribution in [0.2, 0.25) is 0 Å². The number of anilines is 1. The van der Waals surface area contributed by atoms with Gasteiger partial charge in [0.1, 0.15) is 23.7 Å². The van der Waals surface area contributed by atoms with E-state index in [9.17, 15) is 4.79 Å². The molecule has 1 amide bonds. The maximum absolute atomic E-state index is 13.3. The summed E-state index contributed by atoms with van der Waals surface area (Å²) in [5.41, 5.74) is 2.20. The first-order chi connectivity index (χ1) is 16.1. The van der Waals surface area contributed by atoms with E-state index in [1.54, 1.807) is 12.0 Å². The van der Waals surface area contributed by atoms with Gasteiger partial charge in [0.25, 0.3) is 0 Å². The Balaban J connectivity index is 2.14. The van der Waals surface area contributed by atoms with Crippen LogP contribution >= 0.6 is 15.9 Å². The second-order valence-corrected chi connectivity index (χ2v) is 10.1. The molecule has 0 radical (unpaired) electrons. The molecule has 3 aromatic rings. The van der Waals surface area contributed by atoms with E-state index in [1.165, 1.54) is 0 Å². The number of methoxy groups -OCH3 is 1. The molecule has 0 atom stereocenters. The van der Waals surface area contributed by atoms with Gasteiger partial charge in [-0.15, -0.1) is 0 Å². The molecule has 0 heterocycles. The third kappa shape index (κ3) is 6.54. The molecule has 0 N–H and O–H groups in total. The molecule has 5 nitrogen and oxygen atoms in total. The molecular weight excluding hydrogens is 494 g/mol. The molecular formula is C28H32BrNO4. The van der Waals surface area contributed by atoms with E-state index in [1.807, 2.05) is 95.3 Å². The van der Waals surface area contributed by atoms with Crippen molar-refractivity contribution in [3.63, 3.8) is 0 Å². The highest BCUT2D eigenvalue weighted by Crippen LogP contribution is 2.42. The van der Waals surface area contributed by atoms with Crippen LogP contribution in [0.5, 0.6) is 11.5 Å². The minimum Gasteiger partial charge on any atom is -0.497 e. The number of allylic oxidation sites excluding steroid dienone is 1. The van der Waals surface area contributed by atoms with Gasteiger partial charge in [0, 0.05) is 27.9 Å². The SMILES string of the molecule is COc1ccc2c(OCc3ccccc3)cc(N(CC=C(C)C)C(=O)OC(C)(C)C)c(Br)c2c1. The van der Waals surface area contributed by atoms with Gasteiger partial charge in [0.15, 0.2) is 0 Å². The molecule has 0 unspecified atom stereocenters. The van der Waals surface area contributed by atoms with Gasteiger partial charge >= 0.3 is 6.09 Å². The number of hydrogen-bond acceptors (Lipinski definition) is 4. The first-order valence-corrected chi connectivity index (χ1v) is 12.0. The first kappa shape index (κ1) is 25.6. The van der Waals surface area contributed by atoms with Crippen LogP contribution in [-0.4, -0.2) is 25.3 Å². The molecule has 0 saturated heterocycles. The Hall–Kier alpha value is -2.99. The van der Waals surface area contributed by atoms with Gasteiger partial charge in [0.05, 0.1) is 12.8 Å². The number of ether oxygens (including phenoxy) is 3. The Kier molecular flexibility index (Phi) is 8.26. The lowest BCUT2D eigenvalue weighted by atomic mass is 10.1. The van der Waals surface area contributed by atoms with Crippen molar-refractivity contribution in [2.75, 3.05) is 18.6 Å². The van der Waals surface area contributed by atoms with E-state index in [0.29, 0.717) is 30.3 Å². The van der Waals surface area contributed by atoms with Crippen LogP contribution in [-0.2, 0) is 11.3 Å². The molecule has 3 aromatic carbocycles. The normalized spacial score (nSPS) is 11.1. The van der Waals surface area contributed by atoms with Gasteiger partial charge in [0.2, 0.25) is 0 Å². The fourth-order valence-electron chi connectivity index (χ4n) is 3.36. The topological polar surface area (TPSA) is 48.0 Å². The molecule has 0 spiro atoms. The Morgan fingerprint density at radius 1 is 1.03 bits per heavy atom. The zero-order chi connectivity index (χ0) is 24.9. The second-order valence-electron chi connectivity index (χ2n) is 9.27. The van der Waals surface area contributed by atoms with Gasteiger partial charge in [-0.1, -0.05) is 42.0 Å². The van der Waals surface area contributed by atoms with E-state index in [2.05, 4.69) is 15.9 Å². The molecule has 34 heavy (non-hydrogen) atoms. The van der Waals surface area contributed by atoms with Crippen LogP contribution in [0.25, 0.3) is 10.8 Å². The molecule has 0 bridgehead atoms. The predicted octanol–water partition coefficient (Wildman–Crippen LogP) is 7.90. The van der Waals surface area contributed by atoms with Crippen molar-refractivity contribution >= 4 is 38.5 Å². The van der Waals surface area contributed by atoms with Gasteiger partial charge in [-0.3, -0.25) is 4.90 Å². The van der Waals surface area contributed by atoms with Gasteiger partial charge in [-0.05, 0) is 74.3 Å². The maximum Gasteiger partial charge on any atom is 0.415 e. The summed E-state index contributed by atoms with van der Waals surface area (Å²) < 4.78 is 18.2.